The molecule has 0 bridgehead atoms. The van der Waals surface area contributed by atoms with Gasteiger partial charge >= 0.3 is 5.97 Å². The van der Waals surface area contributed by atoms with Crippen molar-refractivity contribution < 1.29 is 9.90 Å². The number of hydrogen-bond acceptors (Lipinski definition) is 3. The molecule has 1 atom stereocenters. The van der Waals surface area contributed by atoms with Crippen molar-refractivity contribution in [3.05, 3.63) is 18.2 Å². The third-order valence-electron chi connectivity index (χ3n) is 3.49. The quantitative estimate of drug-likeness (QED) is 0.775. The van der Waals surface area contributed by atoms with Crippen molar-refractivity contribution in [1.29, 1.82) is 0 Å². The van der Waals surface area contributed by atoms with Crippen LogP contribution in [0.15, 0.2) is 12.4 Å². The number of imidazole rings is 1. The minimum Gasteiger partial charge on any atom is -0.480 e. The second kappa shape index (κ2) is 4.49. The van der Waals surface area contributed by atoms with E-state index in [0.717, 1.165) is 18.7 Å². The highest BCUT2D eigenvalue weighted by Crippen LogP contribution is 2.41. The summed E-state index contributed by atoms with van der Waals surface area (Å²) < 4.78 is 1.91. The lowest BCUT2D eigenvalue weighted by Crippen LogP contribution is -2.57. The number of carboxylic acid groups (broad SMARTS) is 1. The van der Waals surface area contributed by atoms with E-state index in [4.69, 9.17) is 0 Å². The normalized spacial score (nSPS) is 18.9. The number of likely N-dealkylation sites (N-methyl/N-ethyl adjacent to an activating group) is 1. The van der Waals surface area contributed by atoms with Gasteiger partial charge in [-0.1, -0.05) is 6.92 Å². The third kappa shape index (κ3) is 2.20. The van der Waals surface area contributed by atoms with Crippen molar-refractivity contribution >= 4 is 5.97 Å². The Kier molecular flexibility index (Phi) is 3.19. The lowest BCUT2D eigenvalue weighted by atomic mass is 9.92. The molecule has 0 spiro atoms. The van der Waals surface area contributed by atoms with Crippen LogP contribution in [0.1, 0.15) is 25.6 Å². The summed E-state index contributed by atoms with van der Waals surface area (Å²) in [5.74, 6) is 0.339. The van der Waals surface area contributed by atoms with E-state index < -0.39 is 11.5 Å². The molecule has 5 nitrogen and oxygen atoms in total. The van der Waals surface area contributed by atoms with E-state index in [9.17, 15) is 9.90 Å². The Balaban J connectivity index is 2.26. The van der Waals surface area contributed by atoms with Gasteiger partial charge in [-0.3, -0.25) is 4.79 Å². The van der Waals surface area contributed by atoms with Gasteiger partial charge in [0, 0.05) is 12.4 Å². The van der Waals surface area contributed by atoms with Gasteiger partial charge < -0.3 is 15.0 Å². The molecule has 1 aliphatic carbocycles. The monoisotopic (exact) mass is 237 g/mol. The molecule has 1 saturated carbocycles. The molecule has 1 heterocycles. The number of nitrogens with one attached hydrogen (secondary N) is 1. The van der Waals surface area contributed by atoms with E-state index >= 15 is 0 Å². The predicted octanol–water partition coefficient (Wildman–Crippen LogP) is 1.03. The summed E-state index contributed by atoms with van der Waals surface area (Å²) in [5, 5.41) is 12.7. The fraction of sp³-hybridized carbons (Fsp3) is 0.667. The van der Waals surface area contributed by atoms with Gasteiger partial charge in [0.05, 0.1) is 6.54 Å². The van der Waals surface area contributed by atoms with Crippen LogP contribution < -0.4 is 5.32 Å². The van der Waals surface area contributed by atoms with Crippen LogP contribution in [-0.2, 0) is 11.3 Å². The number of nitrogens with zero attached hydrogens (tertiary/aromatic N) is 2. The lowest BCUT2D eigenvalue weighted by Gasteiger charge is -2.31. The van der Waals surface area contributed by atoms with Crippen LogP contribution in [0.2, 0.25) is 0 Å². The van der Waals surface area contributed by atoms with E-state index in [2.05, 4.69) is 10.3 Å². The van der Waals surface area contributed by atoms with Crippen LogP contribution in [0.3, 0.4) is 0 Å². The maximum atomic E-state index is 11.6. The van der Waals surface area contributed by atoms with Crippen LogP contribution in [0, 0.1) is 12.8 Å². The minimum absolute atomic E-state index is 0.238. The van der Waals surface area contributed by atoms with Crippen LogP contribution >= 0.6 is 0 Å². The Bertz CT molecular complexity index is 412. The van der Waals surface area contributed by atoms with E-state index in [1.54, 1.807) is 6.20 Å². The standard InChI is InChI=1S/C12H19N3O2/c1-3-14-12(11(16)17,10-4-5-10)8-15-7-6-13-9(15)2/h6-7,10,14H,3-5,8H2,1-2H3,(H,16,17). The molecule has 1 aromatic rings. The maximum Gasteiger partial charge on any atom is 0.326 e. The molecule has 0 amide bonds. The van der Waals surface area contributed by atoms with Gasteiger partial charge in [0.2, 0.25) is 0 Å². The van der Waals surface area contributed by atoms with Crippen LogP contribution in [-0.4, -0.2) is 32.7 Å². The molecule has 1 fully saturated rings. The van der Waals surface area contributed by atoms with Crippen LogP contribution in [0.4, 0.5) is 0 Å². The number of rotatable bonds is 6. The fourth-order valence-electron chi connectivity index (χ4n) is 2.38. The number of aliphatic carboxylic acids is 1. The molecule has 1 unspecified atom stereocenters. The van der Waals surface area contributed by atoms with E-state index in [1.165, 1.54) is 0 Å². The number of aromatic nitrogens is 2. The second-order valence-corrected chi connectivity index (χ2v) is 4.68. The van der Waals surface area contributed by atoms with Gasteiger partial charge in [-0.2, -0.15) is 0 Å². The molecule has 94 valence electrons. The van der Waals surface area contributed by atoms with Gasteiger partial charge in [-0.05, 0) is 32.2 Å². The van der Waals surface area contributed by atoms with Crippen molar-refractivity contribution in [1.82, 2.24) is 14.9 Å². The van der Waals surface area contributed by atoms with Crippen molar-refractivity contribution in [3.63, 3.8) is 0 Å². The molecule has 0 saturated heterocycles. The molecule has 0 aromatic carbocycles. The van der Waals surface area contributed by atoms with Crippen molar-refractivity contribution in [2.75, 3.05) is 6.54 Å². The van der Waals surface area contributed by atoms with Gasteiger partial charge in [0.25, 0.3) is 0 Å². The number of hydrogen-bond donors (Lipinski definition) is 2. The molecule has 5 heteroatoms. The summed E-state index contributed by atoms with van der Waals surface area (Å²) in [6, 6.07) is 0. The Morgan fingerprint density at radius 3 is 2.82 bits per heavy atom. The number of aryl methyl sites for hydroxylation is 1. The first-order chi connectivity index (χ1) is 8.10. The van der Waals surface area contributed by atoms with Crippen molar-refractivity contribution in [3.8, 4) is 0 Å². The first kappa shape index (κ1) is 12.1. The Morgan fingerprint density at radius 2 is 2.41 bits per heavy atom. The average molecular weight is 237 g/mol. The Morgan fingerprint density at radius 1 is 1.71 bits per heavy atom. The van der Waals surface area contributed by atoms with Crippen molar-refractivity contribution in [2.24, 2.45) is 5.92 Å². The summed E-state index contributed by atoms with van der Waals surface area (Å²) in [4.78, 5) is 15.8. The van der Waals surface area contributed by atoms with E-state index in [0.29, 0.717) is 13.1 Å². The summed E-state index contributed by atoms with van der Waals surface area (Å²) in [5.41, 5.74) is -0.833. The molecule has 0 radical (unpaired) electrons. The fourth-order valence-corrected chi connectivity index (χ4v) is 2.38. The third-order valence-corrected chi connectivity index (χ3v) is 3.49. The molecule has 0 aliphatic heterocycles. The summed E-state index contributed by atoms with van der Waals surface area (Å²) in [6.07, 6.45) is 5.54. The molecule has 2 rings (SSSR count). The molecule has 17 heavy (non-hydrogen) atoms. The van der Waals surface area contributed by atoms with Gasteiger partial charge in [0.1, 0.15) is 11.4 Å². The zero-order valence-corrected chi connectivity index (χ0v) is 10.3. The van der Waals surface area contributed by atoms with Crippen molar-refractivity contribution in [2.45, 2.75) is 38.8 Å². The topological polar surface area (TPSA) is 67.2 Å². The Labute approximate surface area is 101 Å². The first-order valence-corrected chi connectivity index (χ1v) is 6.06. The Hall–Kier alpha value is -1.36. The maximum absolute atomic E-state index is 11.6. The highest BCUT2D eigenvalue weighted by atomic mass is 16.4. The van der Waals surface area contributed by atoms with Gasteiger partial charge in [-0.25, -0.2) is 4.98 Å². The van der Waals surface area contributed by atoms with Crippen LogP contribution in [0.25, 0.3) is 0 Å². The average Bonchev–Trinajstić information content (AvgIpc) is 3.04. The van der Waals surface area contributed by atoms with E-state index in [1.807, 2.05) is 24.6 Å². The first-order valence-electron chi connectivity index (χ1n) is 6.06. The van der Waals surface area contributed by atoms with Gasteiger partial charge in [0.15, 0.2) is 0 Å². The number of carbonyl (C=O) groups is 1. The zero-order valence-electron chi connectivity index (χ0n) is 10.3. The SMILES string of the molecule is CCNC(Cn1ccnc1C)(C(=O)O)C1CC1. The largest absolute Gasteiger partial charge is 0.480 e. The highest BCUT2D eigenvalue weighted by molar-refractivity contribution is 5.79. The van der Waals surface area contributed by atoms with Crippen LogP contribution in [0.5, 0.6) is 0 Å². The summed E-state index contributed by atoms with van der Waals surface area (Å²) in [7, 11) is 0. The lowest BCUT2D eigenvalue weighted by molar-refractivity contribution is -0.146. The molecule has 1 aliphatic rings. The molecule has 2 N–H and O–H groups in total. The van der Waals surface area contributed by atoms with Gasteiger partial charge in [-0.15, -0.1) is 0 Å². The molecule has 1 aromatic heterocycles. The zero-order chi connectivity index (χ0) is 12.5. The summed E-state index contributed by atoms with van der Waals surface area (Å²) in [6.45, 7) is 4.95. The minimum atomic E-state index is -0.833. The van der Waals surface area contributed by atoms with E-state index in [-0.39, 0.29) is 5.92 Å². The summed E-state index contributed by atoms with van der Waals surface area (Å²) >= 11 is 0. The number of carboxylic acids is 1. The molecular weight excluding hydrogens is 218 g/mol. The second-order valence-electron chi connectivity index (χ2n) is 4.68. The highest BCUT2D eigenvalue weighted by Gasteiger charge is 2.51. The molecular formula is C12H19N3O2. The smallest absolute Gasteiger partial charge is 0.326 e. The predicted molar refractivity (Wildman–Crippen MR) is 63.7 cm³/mol.